The van der Waals surface area contributed by atoms with Crippen LogP contribution >= 0.6 is 0 Å². The number of primary amides is 1. The molecule has 1 heterocycles. The summed E-state index contributed by atoms with van der Waals surface area (Å²) in [4.78, 5) is 10.7. The van der Waals surface area contributed by atoms with Gasteiger partial charge in [0, 0.05) is 6.61 Å². The van der Waals surface area contributed by atoms with Crippen LogP contribution in [0, 0.1) is 5.41 Å². The van der Waals surface area contributed by atoms with E-state index >= 15 is 0 Å². The molecular weight excluding hydrogens is 118 g/mol. The smallest absolute Gasteiger partial charge is 0.225 e. The zero-order valence-electron chi connectivity index (χ0n) is 5.52. The number of rotatable bonds is 1. The molecule has 2 N–H and O–H groups in total. The lowest BCUT2D eigenvalue weighted by Gasteiger charge is -2.15. The quantitative estimate of drug-likeness (QED) is 0.537. The number of carbonyl (C=O) groups is 1. The molecule has 1 amide bonds. The lowest BCUT2D eigenvalue weighted by molar-refractivity contribution is -0.126. The van der Waals surface area contributed by atoms with Gasteiger partial charge in [0.1, 0.15) is 0 Å². The van der Waals surface area contributed by atoms with Crippen molar-refractivity contribution in [2.24, 2.45) is 11.1 Å². The normalized spacial score (nSPS) is 34.8. The molecule has 1 aliphatic rings. The van der Waals surface area contributed by atoms with Crippen molar-refractivity contribution in [1.29, 1.82) is 0 Å². The van der Waals surface area contributed by atoms with Crippen molar-refractivity contribution in [3.05, 3.63) is 0 Å². The molecule has 0 aromatic heterocycles. The number of hydrogen-bond donors (Lipinski definition) is 1. The summed E-state index contributed by atoms with van der Waals surface area (Å²) >= 11 is 0. The van der Waals surface area contributed by atoms with E-state index in [1.54, 1.807) is 0 Å². The molecule has 0 bridgehead atoms. The van der Waals surface area contributed by atoms with E-state index < -0.39 is 0 Å². The molecule has 0 aromatic rings. The number of hydrogen-bond acceptors (Lipinski definition) is 2. The van der Waals surface area contributed by atoms with Crippen LogP contribution in [0.15, 0.2) is 0 Å². The molecule has 0 aliphatic carbocycles. The number of ether oxygens (including phenoxy) is 1. The fraction of sp³-hybridized carbons (Fsp3) is 0.833. The van der Waals surface area contributed by atoms with Crippen LogP contribution in [0.1, 0.15) is 13.3 Å². The van der Waals surface area contributed by atoms with Gasteiger partial charge in [-0.25, -0.2) is 0 Å². The van der Waals surface area contributed by atoms with Gasteiger partial charge in [0.2, 0.25) is 5.91 Å². The first-order valence-electron chi connectivity index (χ1n) is 3.03. The highest BCUT2D eigenvalue weighted by Crippen LogP contribution is 2.26. The van der Waals surface area contributed by atoms with E-state index in [9.17, 15) is 4.79 Å². The van der Waals surface area contributed by atoms with Gasteiger partial charge in [-0.2, -0.15) is 0 Å². The second kappa shape index (κ2) is 1.99. The Morgan fingerprint density at radius 1 is 1.78 bits per heavy atom. The van der Waals surface area contributed by atoms with Gasteiger partial charge in [0.25, 0.3) is 0 Å². The number of amides is 1. The number of carbonyl (C=O) groups excluding carboxylic acids is 1. The van der Waals surface area contributed by atoms with Crippen LogP contribution in [-0.2, 0) is 9.53 Å². The minimum atomic E-state index is -0.389. The van der Waals surface area contributed by atoms with Crippen molar-refractivity contribution in [3.8, 4) is 0 Å². The Bertz CT molecular complexity index is 127. The molecule has 3 heteroatoms. The van der Waals surface area contributed by atoms with Crippen molar-refractivity contribution in [3.63, 3.8) is 0 Å². The summed E-state index contributed by atoms with van der Waals surface area (Å²) < 4.78 is 5.02. The zero-order valence-corrected chi connectivity index (χ0v) is 5.52. The zero-order chi connectivity index (χ0) is 6.91. The lowest BCUT2D eigenvalue weighted by Crippen LogP contribution is -2.34. The topological polar surface area (TPSA) is 52.3 Å². The van der Waals surface area contributed by atoms with Gasteiger partial charge in [-0.3, -0.25) is 4.79 Å². The van der Waals surface area contributed by atoms with Gasteiger partial charge in [-0.15, -0.1) is 0 Å². The molecule has 1 atom stereocenters. The monoisotopic (exact) mass is 129 g/mol. The highest BCUT2D eigenvalue weighted by Gasteiger charge is 2.35. The van der Waals surface area contributed by atoms with Gasteiger partial charge in [-0.05, 0) is 13.3 Å². The average Bonchev–Trinajstić information content (AvgIpc) is 2.16. The van der Waals surface area contributed by atoms with E-state index in [2.05, 4.69) is 0 Å². The average molecular weight is 129 g/mol. The Morgan fingerprint density at radius 3 is 2.67 bits per heavy atom. The predicted octanol–water partition coefficient (Wildman–Crippen LogP) is -0.102. The predicted molar refractivity (Wildman–Crippen MR) is 32.7 cm³/mol. The molecule has 0 saturated carbocycles. The Kier molecular flexibility index (Phi) is 1.45. The SMILES string of the molecule is C[C@]1(C(N)=O)CCOC1. The van der Waals surface area contributed by atoms with Gasteiger partial charge in [0.15, 0.2) is 0 Å². The van der Waals surface area contributed by atoms with Crippen LogP contribution in [0.25, 0.3) is 0 Å². The fourth-order valence-electron chi connectivity index (χ4n) is 0.861. The standard InChI is InChI=1S/C6H11NO2/c1-6(5(7)8)2-3-9-4-6/h2-4H2,1H3,(H2,7,8)/t6-/m0/s1. The van der Waals surface area contributed by atoms with Crippen LogP contribution in [0.3, 0.4) is 0 Å². The minimum Gasteiger partial charge on any atom is -0.380 e. The third-order valence-electron chi connectivity index (χ3n) is 1.81. The molecule has 3 nitrogen and oxygen atoms in total. The number of nitrogens with two attached hydrogens (primary N) is 1. The fourth-order valence-corrected chi connectivity index (χ4v) is 0.861. The summed E-state index contributed by atoms with van der Waals surface area (Å²) in [6.45, 7) is 2.99. The summed E-state index contributed by atoms with van der Waals surface area (Å²) in [5, 5.41) is 0. The maximum atomic E-state index is 10.7. The summed E-state index contributed by atoms with van der Waals surface area (Å²) in [6, 6.07) is 0. The van der Waals surface area contributed by atoms with Crippen LogP contribution in [0.2, 0.25) is 0 Å². The molecule has 1 rings (SSSR count). The molecule has 9 heavy (non-hydrogen) atoms. The summed E-state index contributed by atoms with van der Waals surface area (Å²) in [5.74, 6) is -0.250. The van der Waals surface area contributed by atoms with E-state index in [-0.39, 0.29) is 11.3 Å². The van der Waals surface area contributed by atoms with Crippen molar-refractivity contribution < 1.29 is 9.53 Å². The Morgan fingerprint density at radius 2 is 2.44 bits per heavy atom. The van der Waals surface area contributed by atoms with E-state index in [0.29, 0.717) is 13.2 Å². The van der Waals surface area contributed by atoms with Crippen LogP contribution in [-0.4, -0.2) is 19.1 Å². The molecule has 0 aromatic carbocycles. The van der Waals surface area contributed by atoms with Crippen molar-refractivity contribution in [2.75, 3.05) is 13.2 Å². The largest absolute Gasteiger partial charge is 0.380 e. The molecule has 0 unspecified atom stereocenters. The van der Waals surface area contributed by atoms with Gasteiger partial charge in [0.05, 0.1) is 12.0 Å². The van der Waals surface area contributed by atoms with E-state index in [0.717, 1.165) is 6.42 Å². The minimum absolute atomic E-state index is 0.250. The molecule has 0 spiro atoms. The molecule has 1 saturated heterocycles. The lowest BCUT2D eigenvalue weighted by atomic mass is 9.90. The van der Waals surface area contributed by atoms with Crippen LogP contribution in [0.4, 0.5) is 0 Å². The first-order valence-corrected chi connectivity index (χ1v) is 3.03. The Labute approximate surface area is 54.2 Å². The van der Waals surface area contributed by atoms with Crippen molar-refractivity contribution in [2.45, 2.75) is 13.3 Å². The molecular formula is C6H11NO2. The summed E-state index contributed by atoms with van der Waals surface area (Å²) in [6.07, 6.45) is 0.766. The molecule has 1 fully saturated rings. The summed E-state index contributed by atoms with van der Waals surface area (Å²) in [7, 11) is 0. The second-order valence-corrected chi connectivity index (χ2v) is 2.73. The van der Waals surface area contributed by atoms with E-state index in [4.69, 9.17) is 10.5 Å². The highest BCUT2D eigenvalue weighted by atomic mass is 16.5. The highest BCUT2D eigenvalue weighted by molar-refractivity contribution is 5.80. The van der Waals surface area contributed by atoms with Gasteiger partial charge < -0.3 is 10.5 Å². The second-order valence-electron chi connectivity index (χ2n) is 2.73. The summed E-state index contributed by atoms with van der Waals surface area (Å²) in [5.41, 5.74) is 4.72. The van der Waals surface area contributed by atoms with E-state index in [1.165, 1.54) is 0 Å². The maximum Gasteiger partial charge on any atom is 0.225 e. The molecule has 52 valence electrons. The molecule has 0 radical (unpaired) electrons. The van der Waals surface area contributed by atoms with Gasteiger partial charge >= 0.3 is 0 Å². The first kappa shape index (κ1) is 6.55. The maximum absolute atomic E-state index is 10.7. The van der Waals surface area contributed by atoms with Gasteiger partial charge in [-0.1, -0.05) is 0 Å². The molecule has 1 aliphatic heterocycles. The third kappa shape index (κ3) is 1.05. The van der Waals surface area contributed by atoms with Crippen molar-refractivity contribution >= 4 is 5.91 Å². The Hall–Kier alpha value is -0.570. The van der Waals surface area contributed by atoms with Crippen LogP contribution in [0.5, 0.6) is 0 Å². The first-order chi connectivity index (χ1) is 4.15. The Balaban J connectivity index is 2.61. The van der Waals surface area contributed by atoms with Crippen LogP contribution < -0.4 is 5.73 Å². The third-order valence-corrected chi connectivity index (χ3v) is 1.81. The van der Waals surface area contributed by atoms with Crippen molar-refractivity contribution in [1.82, 2.24) is 0 Å². The van der Waals surface area contributed by atoms with E-state index in [1.807, 2.05) is 6.92 Å².